The molecule has 16 heavy (non-hydrogen) atoms. The lowest BCUT2D eigenvalue weighted by Gasteiger charge is -2.10. The van der Waals surface area contributed by atoms with Crippen molar-refractivity contribution in [3.8, 4) is 0 Å². The van der Waals surface area contributed by atoms with Gasteiger partial charge in [0.1, 0.15) is 5.70 Å². The smallest absolute Gasteiger partial charge is 0.107 e. The summed E-state index contributed by atoms with van der Waals surface area (Å²) in [6.07, 6.45) is 7.02. The van der Waals surface area contributed by atoms with Crippen LogP contribution >= 0.6 is 12.1 Å². The Bertz CT molecular complexity index is 405. The Morgan fingerprint density at radius 2 is 2.50 bits per heavy atom. The number of nitrogens with one attached hydrogen (secondary N) is 1. The third-order valence-electron chi connectivity index (χ3n) is 2.27. The van der Waals surface area contributed by atoms with Crippen LogP contribution in [0.5, 0.6) is 0 Å². The van der Waals surface area contributed by atoms with Crippen LogP contribution in [0.15, 0.2) is 42.9 Å². The van der Waals surface area contributed by atoms with Crippen molar-refractivity contribution in [1.29, 1.82) is 0 Å². The topological polar surface area (TPSA) is 48.4 Å². The normalized spacial score (nSPS) is 15.2. The van der Waals surface area contributed by atoms with Gasteiger partial charge in [0, 0.05) is 18.0 Å². The molecule has 0 aliphatic carbocycles. The molecule has 0 amide bonds. The van der Waals surface area contributed by atoms with Crippen molar-refractivity contribution >= 4 is 17.8 Å². The highest BCUT2D eigenvalue weighted by molar-refractivity contribution is 7.95. The molecular weight excluding hydrogens is 222 g/mol. The van der Waals surface area contributed by atoms with E-state index in [-0.39, 0.29) is 0 Å². The van der Waals surface area contributed by atoms with E-state index in [0.717, 1.165) is 46.4 Å². The van der Waals surface area contributed by atoms with Crippen molar-refractivity contribution in [2.45, 2.75) is 12.8 Å². The summed E-state index contributed by atoms with van der Waals surface area (Å²) in [5.74, 6) is 0. The molecule has 2 N–H and O–H groups in total. The average Bonchev–Trinajstić information content (AvgIpc) is 2.69. The van der Waals surface area contributed by atoms with Crippen molar-refractivity contribution in [1.82, 2.24) is 14.2 Å². The predicted molar refractivity (Wildman–Crippen MR) is 64.9 cm³/mol. The molecule has 0 saturated heterocycles. The first-order valence-corrected chi connectivity index (χ1v) is 5.76. The van der Waals surface area contributed by atoms with Gasteiger partial charge in [-0.25, -0.2) is 0 Å². The minimum Gasteiger partial charge on any atom is -0.312 e. The van der Waals surface area contributed by atoms with Crippen molar-refractivity contribution in [3.05, 3.63) is 48.4 Å². The SMILES string of the molecule is C=CCCC1=C(c2cccnc2)N(O)SN1. The zero-order chi connectivity index (χ0) is 11.4. The second-order valence-electron chi connectivity index (χ2n) is 3.36. The van der Waals surface area contributed by atoms with Gasteiger partial charge in [-0.15, -0.1) is 6.58 Å². The highest BCUT2D eigenvalue weighted by Gasteiger charge is 2.23. The largest absolute Gasteiger partial charge is 0.312 e. The Morgan fingerprint density at radius 3 is 3.19 bits per heavy atom. The lowest BCUT2D eigenvalue weighted by Crippen LogP contribution is -2.04. The molecule has 0 fully saturated rings. The first-order valence-electron chi connectivity index (χ1n) is 4.99. The number of hydroxylamine groups is 1. The molecule has 5 heteroatoms. The highest BCUT2D eigenvalue weighted by Crippen LogP contribution is 2.33. The molecule has 0 atom stereocenters. The van der Waals surface area contributed by atoms with Gasteiger partial charge in [0.15, 0.2) is 0 Å². The van der Waals surface area contributed by atoms with Crippen LogP contribution in [0.2, 0.25) is 0 Å². The number of aromatic nitrogens is 1. The number of rotatable bonds is 4. The zero-order valence-corrected chi connectivity index (χ0v) is 9.57. The molecule has 0 unspecified atom stereocenters. The van der Waals surface area contributed by atoms with E-state index >= 15 is 0 Å². The van der Waals surface area contributed by atoms with Gasteiger partial charge in [-0.2, -0.15) is 4.47 Å². The Kier molecular flexibility index (Phi) is 3.48. The predicted octanol–water partition coefficient (Wildman–Crippen LogP) is 2.57. The van der Waals surface area contributed by atoms with E-state index in [1.54, 1.807) is 12.4 Å². The van der Waals surface area contributed by atoms with Gasteiger partial charge in [-0.3, -0.25) is 10.2 Å². The molecule has 0 spiro atoms. The summed E-state index contributed by atoms with van der Waals surface area (Å²) < 4.78 is 4.22. The number of nitrogens with zero attached hydrogens (tertiary/aromatic N) is 2. The Hall–Kier alpha value is -1.46. The molecule has 4 nitrogen and oxygen atoms in total. The molecule has 0 radical (unpaired) electrons. The van der Waals surface area contributed by atoms with Gasteiger partial charge < -0.3 is 4.72 Å². The Labute approximate surface area is 98.9 Å². The molecule has 2 heterocycles. The molecule has 0 bridgehead atoms. The summed E-state index contributed by atoms with van der Waals surface area (Å²) in [5.41, 5.74) is 2.68. The van der Waals surface area contributed by atoms with Crippen LogP contribution in [0.4, 0.5) is 0 Å². The fraction of sp³-hybridized carbons (Fsp3) is 0.182. The van der Waals surface area contributed by atoms with Crippen LogP contribution in [-0.2, 0) is 0 Å². The van der Waals surface area contributed by atoms with Crippen molar-refractivity contribution in [3.63, 3.8) is 0 Å². The van der Waals surface area contributed by atoms with Gasteiger partial charge in [0.25, 0.3) is 0 Å². The summed E-state index contributed by atoms with van der Waals surface area (Å²) in [7, 11) is 0. The molecule has 0 aromatic carbocycles. The van der Waals surface area contributed by atoms with Gasteiger partial charge >= 0.3 is 0 Å². The van der Waals surface area contributed by atoms with Gasteiger partial charge in [-0.05, 0) is 25.0 Å². The summed E-state index contributed by atoms with van der Waals surface area (Å²) in [5, 5.41) is 9.73. The fourth-order valence-corrected chi connectivity index (χ4v) is 2.21. The van der Waals surface area contributed by atoms with Crippen LogP contribution in [-0.4, -0.2) is 14.7 Å². The lowest BCUT2D eigenvalue weighted by atomic mass is 10.1. The maximum absolute atomic E-state index is 9.73. The summed E-state index contributed by atoms with van der Waals surface area (Å²) in [6.45, 7) is 3.69. The molecule has 1 aliphatic heterocycles. The van der Waals surface area contributed by atoms with Crippen molar-refractivity contribution < 1.29 is 5.21 Å². The molecule has 1 aliphatic rings. The minimum absolute atomic E-state index is 0.778. The van der Waals surface area contributed by atoms with E-state index in [1.165, 1.54) is 0 Å². The van der Waals surface area contributed by atoms with E-state index < -0.39 is 0 Å². The molecule has 2 rings (SSSR count). The van der Waals surface area contributed by atoms with E-state index in [0.29, 0.717) is 0 Å². The monoisotopic (exact) mass is 235 g/mol. The summed E-state index contributed by atoms with van der Waals surface area (Å²) in [4.78, 5) is 4.05. The van der Waals surface area contributed by atoms with Crippen LogP contribution in [0.25, 0.3) is 5.70 Å². The van der Waals surface area contributed by atoms with Crippen molar-refractivity contribution in [2.75, 3.05) is 0 Å². The van der Waals surface area contributed by atoms with Gasteiger partial charge in [0.2, 0.25) is 0 Å². The third-order valence-corrected chi connectivity index (χ3v) is 2.96. The lowest BCUT2D eigenvalue weighted by molar-refractivity contribution is 0.0836. The number of allylic oxidation sites excluding steroid dienone is 2. The van der Waals surface area contributed by atoms with Gasteiger partial charge in [0.05, 0.1) is 17.8 Å². The fourth-order valence-electron chi connectivity index (χ4n) is 1.51. The standard InChI is InChI=1S/C11H13N3OS/c1-2-3-6-10-11(14(15)16-13-10)9-5-4-7-12-8-9/h2,4-5,7-8,13,15H,1,3,6H2. The van der Waals surface area contributed by atoms with E-state index in [2.05, 4.69) is 16.3 Å². The quantitative estimate of drug-likeness (QED) is 0.620. The molecule has 1 aromatic heterocycles. The van der Waals surface area contributed by atoms with Crippen LogP contribution in [0.1, 0.15) is 18.4 Å². The van der Waals surface area contributed by atoms with Crippen LogP contribution in [0.3, 0.4) is 0 Å². The second-order valence-corrected chi connectivity index (χ2v) is 4.10. The maximum atomic E-state index is 9.73. The maximum Gasteiger partial charge on any atom is 0.107 e. The third kappa shape index (κ3) is 2.20. The number of pyridine rings is 1. The molecular formula is C11H13N3OS. The minimum atomic E-state index is 0.778. The van der Waals surface area contributed by atoms with Crippen molar-refractivity contribution in [2.24, 2.45) is 0 Å². The first kappa shape index (κ1) is 11.0. The summed E-state index contributed by atoms with van der Waals surface area (Å²) in [6, 6.07) is 3.78. The van der Waals surface area contributed by atoms with E-state index in [9.17, 15) is 5.21 Å². The van der Waals surface area contributed by atoms with Gasteiger partial charge in [-0.1, -0.05) is 6.08 Å². The second kappa shape index (κ2) is 5.05. The summed E-state index contributed by atoms with van der Waals surface area (Å²) >= 11 is 1.16. The van der Waals surface area contributed by atoms with E-state index in [4.69, 9.17) is 0 Å². The Morgan fingerprint density at radius 1 is 1.62 bits per heavy atom. The average molecular weight is 235 g/mol. The van der Waals surface area contributed by atoms with Crippen LogP contribution in [0, 0.1) is 0 Å². The Balaban J connectivity index is 2.29. The zero-order valence-electron chi connectivity index (χ0n) is 8.76. The molecule has 84 valence electrons. The number of hydrogen-bond donors (Lipinski definition) is 2. The van der Waals surface area contributed by atoms with E-state index in [1.807, 2.05) is 18.2 Å². The number of hydrogen-bond acceptors (Lipinski definition) is 5. The molecule has 1 aromatic rings. The molecule has 0 saturated carbocycles. The highest BCUT2D eigenvalue weighted by atomic mass is 32.2. The van der Waals surface area contributed by atoms with Crippen LogP contribution < -0.4 is 4.72 Å². The first-order chi connectivity index (χ1) is 7.83.